The van der Waals surface area contributed by atoms with E-state index in [9.17, 15) is 29.1 Å². The summed E-state index contributed by atoms with van der Waals surface area (Å²) in [5.74, 6) is -2.56. The molecule has 332 valence electrons. The molecule has 0 spiro atoms. The van der Waals surface area contributed by atoms with Gasteiger partial charge in [-0.3, -0.25) is 0 Å². The van der Waals surface area contributed by atoms with E-state index in [1.165, 1.54) is 0 Å². The van der Waals surface area contributed by atoms with Crippen molar-refractivity contribution < 1.29 is 81.2 Å². The third kappa shape index (κ3) is 30.8. The first kappa shape index (κ1) is 55.9. The molecule has 0 aliphatic carbocycles. The van der Waals surface area contributed by atoms with Gasteiger partial charge in [-0.25, -0.2) is 24.0 Å². The fourth-order valence-electron chi connectivity index (χ4n) is 4.23. The number of hydrogen-bond acceptors (Lipinski definition) is 17. The molecule has 0 bridgehead atoms. The van der Waals surface area contributed by atoms with Crippen molar-refractivity contribution in [1.82, 2.24) is 0 Å². The maximum absolute atomic E-state index is 11.3. The van der Waals surface area contributed by atoms with Gasteiger partial charge in [0.15, 0.2) is 0 Å². The first-order valence-corrected chi connectivity index (χ1v) is 18.9. The molecule has 0 heterocycles. The molecule has 0 aromatic heterocycles. The highest BCUT2D eigenvalue weighted by atomic mass is 16.6. The van der Waals surface area contributed by atoms with Crippen LogP contribution in [-0.2, 0) is 76.1 Å². The molecule has 17 nitrogen and oxygen atoms in total. The van der Waals surface area contributed by atoms with Gasteiger partial charge in [-0.15, -0.1) is 0 Å². The summed E-state index contributed by atoms with van der Waals surface area (Å²) in [6, 6.07) is 0. The Balaban J connectivity index is 0. The smallest absolute Gasteiger partial charge is 0.330 e. The first-order chi connectivity index (χ1) is 27.7. The summed E-state index contributed by atoms with van der Waals surface area (Å²) < 4.78 is 58.5. The van der Waals surface area contributed by atoms with E-state index in [4.69, 9.17) is 52.1 Å². The van der Waals surface area contributed by atoms with Gasteiger partial charge in [-0.05, 0) is 26.7 Å². The summed E-state index contributed by atoms with van der Waals surface area (Å²) in [6.07, 6.45) is 5.78. The molecule has 0 saturated heterocycles. The Kier molecular flexibility index (Phi) is 34.6. The van der Waals surface area contributed by atoms with Crippen molar-refractivity contribution in [2.24, 2.45) is 10.8 Å². The predicted molar refractivity (Wildman–Crippen MR) is 212 cm³/mol. The summed E-state index contributed by atoms with van der Waals surface area (Å²) >= 11 is 0. The molecule has 58 heavy (non-hydrogen) atoms. The molecule has 1 N–H and O–H groups in total. The number of carbonyl (C=O) groups excluding carboxylic acids is 5. The Labute approximate surface area is 343 Å². The molecule has 0 saturated carbocycles. The lowest BCUT2D eigenvalue weighted by Crippen LogP contribution is -2.38. The van der Waals surface area contributed by atoms with Crippen LogP contribution >= 0.6 is 0 Å². The maximum Gasteiger partial charge on any atom is 0.330 e. The van der Waals surface area contributed by atoms with Gasteiger partial charge in [0.25, 0.3) is 0 Å². The molecule has 0 aliphatic heterocycles. The second-order valence-electron chi connectivity index (χ2n) is 12.7. The Morgan fingerprint density at radius 2 is 0.741 bits per heavy atom. The summed E-state index contributed by atoms with van der Waals surface area (Å²) in [5, 5.41) is 9.36. The third-order valence-electron chi connectivity index (χ3n) is 7.70. The van der Waals surface area contributed by atoms with Crippen LogP contribution in [0.4, 0.5) is 0 Å². The standard InChI is InChI=1S/C22H34O9.C19H32O8/c1-6-19(23)29-12-10-26-15-22(9-4,16-27-11-13-30-20(24)7-2)17-28-14-18(5)31-21(25)8-3;1-5-17(21)26-10-8-23-13-19(7-3,15-25-12-16(4)20)14-24-9-11-27-18(22)6-2/h6-8,18H,1-3,9-17H2,4-5H3;5-6,16,20H,1-2,7-15H2,3-4H3. The van der Waals surface area contributed by atoms with E-state index >= 15 is 0 Å². The van der Waals surface area contributed by atoms with Gasteiger partial charge in [-0.1, -0.05) is 46.7 Å². The topological polar surface area (TPSA) is 207 Å². The van der Waals surface area contributed by atoms with E-state index in [-0.39, 0.29) is 85.9 Å². The van der Waals surface area contributed by atoms with Crippen LogP contribution in [0.5, 0.6) is 0 Å². The van der Waals surface area contributed by atoms with E-state index in [2.05, 4.69) is 32.9 Å². The Morgan fingerprint density at radius 3 is 1.00 bits per heavy atom. The van der Waals surface area contributed by atoms with E-state index in [0.717, 1.165) is 30.4 Å². The average Bonchev–Trinajstić information content (AvgIpc) is 3.21. The van der Waals surface area contributed by atoms with Gasteiger partial charge in [0.05, 0.1) is 85.4 Å². The highest BCUT2D eigenvalue weighted by Crippen LogP contribution is 2.25. The average molecular weight is 831 g/mol. The fraction of sp³-hybridized carbons (Fsp3) is 0.634. The van der Waals surface area contributed by atoms with Crippen LogP contribution in [0.1, 0.15) is 40.5 Å². The number of hydrogen-bond donors (Lipinski definition) is 1. The largest absolute Gasteiger partial charge is 0.460 e. The van der Waals surface area contributed by atoms with Crippen LogP contribution in [0.15, 0.2) is 63.3 Å². The van der Waals surface area contributed by atoms with Crippen molar-refractivity contribution in [3.05, 3.63) is 63.3 Å². The molecule has 0 amide bonds. The van der Waals surface area contributed by atoms with Gasteiger partial charge in [0, 0.05) is 41.2 Å². The minimum atomic E-state index is -0.571. The normalized spacial score (nSPS) is 12.0. The van der Waals surface area contributed by atoms with Crippen molar-refractivity contribution in [3.8, 4) is 0 Å². The maximum atomic E-state index is 11.3. The molecule has 2 unspecified atom stereocenters. The van der Waals surface area contributed by atoms with Gasteiger partial charge >= 0.3 is 29.8 Å². The zero-order chi connectivity index (χ0) is 44.1. The number of esters is 5. The molecule has 0 aliphatic rings. The van der Waals surface area contributed by atoms with Gasteiger partial charge in [0.1, 0.15) is 32.5 Å². The lowest BCUT2D eigenvalue weighted by atomic mass is 9.88. The summed E-state index contributed by atoms with van der Waals surface area (Å²) in [7, 11) is 0. The SMILES string of the molecule is C=CC(=O)OCCOCC(CC)(COCCOC(=O)C=C)COCC(C)O.C=CC(=O)OCCOCC(CC)(COCCOC(=O)C=C)COCC(C)OC(=O)C=C. The van der Waals surface area contributed by atoms with Crippen LogP contribution in [0.25, 0.3) is 0 Å². The van der Waals surface area contributed by atoms with Gasteiger partial charge in [0.2, 0.25) is 0 Å². The van der Waals surface area contributed by atoms with Crippen LogP contribution in [0.3, 0.4) is 0 Å². The second-order valence-corrected chi connectivity index (χ2v) is 12.7. The molecule has 0 aromatic carbocycles. The Hall–Kier alpha value is -4.23. The first-order valence-electron chi connectivity index (χ1n) is 18.9. The van der Waals surface area contributed by atoms with Crippen molar-refractivity contribution in [2.75, 3.05) is 106 Å². The van der Waals surface area contributed by atoms with Crippen molar-refractivity contribution >= 4 is 29.8 Å². The highest BCUT2D eigenvalue weighted by molar-refractivity contribution is 5.82. The Bertz CT molecular complexity index is 1150. The number of ether oxygens (including phenoxy) is 11. The molecule has 0 rings (SSSR count). The van der Waals surface area contributed by atoms with E-state index in [0.29, 0.717) is 32.7 Å². The number of carbonyl (C=O) groups is 5. The molecule has 17 heteroatoms. The number of aliphatic hydroxyl groups is 1. The molecule has 2 atom stereocenters. The van der Waals surface area contributed by atoms with Crippen LogP contribution in [0.2, 0.25) is 0 Å². The van der Waals surface area contributed by atoms with E-state index < -0.39 is 52.9 Å². The highest BCUT2D eigenvalue weighted by Gasteiger charge is 2.31. The van der Waals surface area contributed by atoms with E-state index in [1.54, 1.807) is 13.8 Å². The molecule has 0 fully saturated rings. The van der Waals surface area contributed by atoms with Crippen LogP contribution in [0, 0.1) is 10.8 Å². The zero-order valence-corrected chi connectivity index (χ0v) is 34.8. The third-order valence-corrected chi connectivity index (χ3v) is 7.70. The lowest BCUT2D eigenvalue weighted by Gasteiger charge is -2.32. The lowest BCUT2D eigenvalue weighted by molar-refractivity contribution is -0.147. The van der Waals surface area contributed by atoms with Crippen molar-refractivity contribution in [3.63, 3.8) is 0 Å². The van der Waals surface area contributed by atoms with E-state index in [1.807, 2.05) is 13.8 Å². The fourth-order valence-corrected chi connectivity index (χ4v) is 4.23. The second kappa shape index (κ2) is 35.9. The predicted octanol–water partition coefficient (Wildman–Crippen LogP) is 3.28. The van der Waals surface area contributed by atoms with Gasteiger partial charge < -0.3 is 57.2 Å². The van der Waals surface area contributed by atoms with Crippen LogP contribution < -0.4 is 0 Å². The minimum absolute atomic E-state index is 0.0956. The van der Waals surface area contributed by atoms with Crippen molar-refractivity contribution in [2.45, 2.75) is 52.7 Å². The number of aliphatic hydroxyl groups excluding tert-OH is 1. The molecule has 0 radical (unpaired) electrons. The summed E-state index contributed by atoms with van der Waals surface area (Å²) in [6.45, 7) is 27.4. The molecule has 0 aromatic rings. The minimum Gasteiger partial charge on any atom is -0.460 e. The monoisotopic (exact) mass is 830 g/mol. The Morgan fingerprint density at radius 1 is 0.466 bits per heavy atom. The van der Waals surface area contributed by atoms with Crippen molar-refractivity contribution in [1.29, 1.82) is 0 Å². The molecular weight excluding hydrogens is 764 g/mol. The summed E-state index contributed by atoms with van der Waals surface area (Å²) in [4.78, 5) is 55.4. The van der Waals surface area contributed by atoms with Crippen LogP contribution in [-0.4, -0.2) is 153 Å². The quantitative estimate of drug-likeness (QED) is 0.0416. The number of rotatable bonds is 36. The molecular formula is C41H66O17. The van der Waals surface area contributed by atoms with Gasteiger partial charge in [-0.2, -0.15) is 0 Å². The zero-order valence-electron chi connectivity index (χ0n) is 34.8. The summed E-state index contributed by atoms with van der Waals surface area (Å²) in [5.41, 5.74) is -0.952.